The summed E-state index contributed by atoms with van der Waals surface area (Å²) in [6, 6.07) is 5.06. The van der Waals surface area contributed by atoms with Crippen LogP contribution in [0.3, 0.4) is 0 Å². The molecule has 5 nitrogen and oxygen atoms in total. The first-order chi connectivity index (χ1) is 7.59. The van der Waals surface area contributed by atoms with Crippen LogP contribution in [0.1, 0.15) is 15.9 Å². The number of hydrogen-bond donors (Lipinski definition) is 2. The van der Waals surface area contributed by atoms with Gasteiger partial charge in [-0.2, -0.15) is 0 Å². The number of hydrogen-bond acceptors (Lipinski definition) is 3. The van der Waals surface area contributed by atoms with Gasteiger partial charge in [0.05, 0.1) is 5.56 Å². The molecule has 1 aromatic rings. The quantitative estimate of drug-likeness (QED) is 0.736. The molecule has 0 fully saturated rings. The third-order valence-corrected chi connectivity index (χ3v) is 2.32. The predicted octanol–water partition coefficient (Wildman–Crippen LogP) is 0.0896. The summed E-state index contributed by atoms with van der Waals surface area (Å²) < 4.78 is 5.27. The van der Waals surface area contributed by atoms with Gasteiger partial charge >= 0.3 is 0 Å². The Morgan fingerprint density at radius 2 is 1.94 bits per heavy atom. The van der Waals surface area contributed by atoms with Gasteiger partial charge in [0.25, 0.3) is 11.8 Å². The van der Waals surface area contributed by atoms with E-state index >= 15 is 0 Å². The van der Waals surface area contributed by atoms with Gasteiger partial charge in [-0.3, -0.25) is 9.59 Å². The molecule has 1 heterocycles. The van der Waals surface area contributed by atoms with Crippen molar-refractivity contribution in [1.29, 1.82) is 0 Å². The van der Waals surface area contributed by atoms with Crippen LogP contribution in [-0.4, -0.2) is 11.8 Å². The minimum atomic E-state index is -0.662. The van der Waals surface area contributed by atoms with E-state index in [0.717, 1.165) is 5.56 Å². The van der Waals surface area contributed by atoms with Crippen LogP contribution in [0.5, 0.6) is 5.75 Å². The van der Waals surface area contributed by atoms with Crippen LogP contribution in [0.4, 0.5) is 0 Å². The molecule has 4 N–H and O–H groups in total. The SMILES string of the molecule is NC(=O)C1=CCc2cccc(C(N)=O)c2O1. The molecule has 1 aromatic carbocycles. The minimum Gasteiger partial charge on any atom is -0.451 e. The highest BCUT2D eigenvalue weighted by Crippen LogP contribution is 2.29. The van der Waals surface area contributed by atoms with Crippen LogP contribution in [0, 0.1) is 0 Å². The molecule has 0 aliphatic carbocycles. The van der Waals surface area contributed by atoms with Crippen LogP contribution in [0.2, 0.25) is 0 Å². The van der Waals surface area contributed by atoms with E-state index in [1.54, 1.807) is 24.3 Å². The molecule has 0 bridgehead atoms. The summed E-state index contributed by atoms with van der Waals surface area (Å²) >= 11 is 0. The van der Waals surface area contributed by atoms with Gasteiger partial charge < -0.3 is 16.2 Å². The summed E-state index contributed by atoms with van der Waals surface area (Å²) in [5.41, 5.74) is 11.4. The number of nitrogens with two attached hydrogens (primary N) is 2. The number of rotatable bonds is 2. The Morgan fingerprint density at radius 3 is 2.56 bits per heavy atom. The van der Waals surface area contributed by atoms with Crippen molar-refractivity contribution in [3.63, 3.8) is 0 Å². The lowest BCUT2D eigenvalue weighted by molar-refractivity contribution is -0.116. The first-order valence-electron chi connectivity index (χ1n) is 4.69. The topological polar surface area (TPSA) is 95.4 Å². The van der Waals surface area contributed by atoms with Crippen LogP contribution >= 0.6 is 0 Å². The van der Waals surface area contributed by atoms with Crippen LogP contribution < -0.4 is 16.2 Å². The van der Waals surface area contributed by atoms with E-state index in [4.69, 9.17) is 16.2 Å². The molecule has 0 saturated heterocycles. The fourth-order valence-electron chi connectivity index (χ4n) is 1.57. The molecule has 0 atom stereocenters. The average Bonchev–Trinajstić information content (AvgIpc) is 2.27. The first kappa shape index (κ1) is 10.2. The Balaban J connectivity index is 2.47. The molecule has 2 amide bonds. The fraction of sp³-hybridized carbons (Fsp3) is 0.0909. The van der Waals surface area contributed by atoms with Gasteiger partial charge in [-0.25, -0.2) is 0 Å². The first-order valence-corrected chi connectivity index (χ1v) is 4.69. The van der Waals surface area contributed by atoms with Crippen molar-refractivity contribution in [2.24, 2.45) is 11.5 Å². The summed E-state index contributed by atoms with van der Waals surface area (Å²) in [6.07, 6.45) is 2.07. The summed E-state index contributed by atoms with van der Waals surface area (Å²) in [7, 11) is 0. The van der Waals surface area contributed by atoms with E-state index in [9.17, 15) is 9.59 Å². The summed E-state index contributed by atoms with van der Waals surface area (Å²) in [5.74, 6) is -0.889. The second kappa shape index (κ2) is 3.69. The van der Waals surface area contributed by atoms with Gasteiger partial charge in [0.15, 0.2) is 5.76 Å². The lowest BCUT2D eigenvalue weighted by Gasteiger charge is -2.18. The number of primary amides is 2. The number of para-hydroxylation sites is 1. The number of allylic oxidation sites excluding steroid dienone is 1. The highest BCUT2D eigenvalue weighted by molar-refractivity contribution is 5.97. The average molecular weight is 218 g/mol. The summed E-state index contributed by atoms with van der Waals surface area (Å²) in [4.78, 5) is 22.1. The zero-order chi connectivity index (χ0) is 11.7. The molecular formula is C11H10N2O3. The Hall–Kier alpha value is -2.30. The Labute approximate surface area is 91.7 Å². The van der Waals surface area contributed by atoms with Crippen LogP contribution in [0.25, 0.3) is 0 Å². The Morgan fingerprint density at radius 1 is 1.19 bits per heavy atom. The highest BCUT2D eigenvalue weighted by Gasteiger charge is 2.21. The maximum absolute atomic E-state index is 11.2. The molecule has 0 spiro atoms. The van der Waals surface area contributed by atoms with Gasteiger partial charge in [0, 0.05) is 0 Å². The molecule has 82 valence electrons. The zero-order valence-corrected chi connectivity index (χ0v) is 8.40. The number of benzene rings is 1. The van der Waals surface area contributed by atoms with E-state index < -0.39 is 11.8 Å². The molecular weight excluding hydrogens is 208 g/mol. The number of fused-ring (bicyclic) bond motifs is 1. The Bertz CT molecular complexity index is 506. The lowest BCUT2D eigenvalue weighted by atomic mass is 10.0. The normalized spacial score (nSPS) is 13.4. The standard InChI is InChI=1S/C11H10N2O3/c12-10(14)7-3-1-2-6-4-5-8(11(13)15)16-9(6)7/h1-3,5H,4H2,(H2,12,14)(H2,13,15). The molecule has 0 radical (unpaired) electrons. The van der Waals surface area contributed by atoms with Crippen molar-refractivity contribution < 1.29 is 14.3 Å². The number of carbonyl (C=O) groups is 2. The maximum Gasteiger partial charge on any atom is 0.284 e. The van der Waals surface area contributed by atoms with Gasteiger partial charge in [-0.15, -0.1) is 0 Å². The molecule has 0 aromatic heterocycles. The monoisotopic (exact) mass is 218 g/mol. The molecule has 2 rings (SSSR count). The van der Waals surface area contributed by atoms with Crippen molar-refractivity contribution in [2.75, 3.05) is 0 Å². The highest BCUT2D eigenvalue weighted by atomic mass is 16.5. The smallest absolute Gasteiger partial charge is 0.284 e. The lowest BCUT2D eigenvalue weighted by Crippen LogP contribution is -2.23. The van der Waals surface area contributed by atoms with Gasteiger partial charge in [0.1, 0.15) is 5.75 Å². The Kier molecular flexibility index (Phi) is 2.36. The van der Waals surface area contributed by atoms with E-state index in [1.807, 2.05) is 0 Å². The van der Waals surface area contributed by atoms with Gasteiger partial charge in [0.2, 0.25) is 0 Å². The van der Waals surface area contributed by atoms with E-state index in [0.29, 0.717) is 12.2 Å². The molecule has 1 aliphatic rings. The number of ether oxygens (including phenoxy) is 1. The summed E-state index contributed by atoms with van der Waals surface area (Å²) in [6.45, 7) is 0. The van der Waals surface area contributed by atoms with Crippen molar-refractivity contribution in [3.05, 3.63) is 41.2 Å². The van der Waals surface area contributed by atoms with E-state index in [2.05, 4.69) is 0 Å². The predicted molar refractivity (Wildman–Crippen MR) is 56.6 cm³/mol. The third kappa shape index (κ3) is 1.63. The number of carbonyl (C=O) groups excluding carboxylic acids is 2. The van der Waals surface area contributed by atoms with E-state index in [1.165, 1.54) is 0 Å². The second-order valence-electron chi connectivity index (χ2n) is 3.40. The van der Waals surface area contributed by atoms with Crippen molar-refractivity contribution in [1.82, 2.24) is 0 Å². The largest absolute Gasteiger partial charge is 0.451 e. The van der Waals surface area contributed by atoms with Gasteiger partial charge in [-0.05, 0) is 24.1 Å². The minimum absolute atomic E-state index is 0.0428. The molecule has 0 saturated carbocycles. The van der Waals surface area contributed by atoms with Crippen molar-refractivity contribution in [3.8, 4) is 5.75 Å². The van der Waals surface area contributed by atoms with Crippen LogP contribution in [0.15, 0.2) is 30.0 Å². The molecule has 1 aliphatic heterocycles. The fourth-order valence-corrected chi connectivity index (χ4v) is 1.57. The number of amides is 2. The molecule has 0 unspecified atom stereocenters. The second-order valence-corrected chi connectivity index (χ2v) is 3.40. The van der Waals surface area contributed by atoms with Crippen molar-refractivity contribution in [2.45, 2.75) is 6.42 Å². The van der Waals surface area contributed by atoms with E-state index in [-0.39, 0.29) is 11.3 Å². The summed E-state index contributed by atoms with van der Waals surface area (Å²) in [5, 5.41) is 0. The third-order valence-electron chi connectivity index (χ3n) is 2.32. The van der Waals surface area contributed by atoms with Crippen molar-refractivity contribution >= 4 is 11.8 Å². The molecule has 16 heavy (non-hydrogen) atoms. The van der Waals surface area contributed by atoms with Gasteiger partial charge in [-0.1, -0.05) is 12.1 Å². The zero-order valence-electron chi connectivity index (χ0n) is 8.40. The van der Waals surface area contributed by atoms with Crippen LogP contribution in [-0.2, 0) is 11.2 Å². The molecule has 5 heteroatoms. The maximum atomic E-state index is 11.2.